The van der Waals surface area contributed by atoms with Crippen molar-refractivity contribution in [1.29, 1.82) is 0 Å². The van der Waals surface area contributed by atoms with Gasteiger partial charge in [0.25, 0.3) is 5.56 Å². The van der Waals surface area contributed by atoms with Gasteiger partial charge in [-0.2, -0.15) is 5.10 Å². The maximum absolute atomic E-state index is 12.4. The molecule has 11 nitrogen and oxygen atoms in total. The van der Waals surface area contributed by atoms with E-state index in [1.807, 2.05) is 6.92 Å². The number of nitrogens with zero attached hydrogens (tertiary/aromatic N) is 5. The molecular formula is C22H24N6O5. The first kappa shape index (κ1) is 22.2. The summed E-state index contributed by atoms with van der Waals surface area (Å²) in [6.45, 7) is 2.52. The maximum Gasteiger partial charge on any atom is 0.330 e. The Bertz CT molecular complexity index is 1510. The molecule has 3 aromatic heterocycles. The Morgan fingerprint density at radius 2 is 1.94 bits per heavy atom. The smallest absolute Gasteiger partial charge is 0.330 e. The Balaban J connectivity index is 1.49. The van der Waals surface area contributed by atoms with Crippen LogP contribution in [0.4, 0.5) is 0 Å². The fraction of sp³-hybridized carbons (Fsp3) is 0.364. The quantitative estimate of drug-likeness (QED) is 0.395. The van der Waals surface area contributed by atoms with Crippen LogP contribution in [0.2, 0.25) is 0 Å². The number of benzene rings is 1. The van der Waals surface area contributed by atoms with Gasteiger partial charge in [-0.1, -0.05) is 25.5 Å². The Hall–Kier alpha value is -4.02. The van der Waals surface area contributed by atoms with Crippen molar-refractivity contribution >= 4 is 28.0 Å². The highest BCUT2D eigenvalue weighted by atomic mass is 16.5. The molecule has 0 aliphatic rings. The first-order valence-electron chi connectivity index (χ1n) is 10.7. The molecule has 0 unspecified atom stereocenters. The van der Waals surface area contributed by atoms with E-state index < -0.39 is 17.2 Å². The van der Waals surface area contributed by atoms with Crippen LogP contribution in [0, 0.1) is 0 Å². The third kappa shape index (κ3) is 4.34. The van der Waals surface area contributed by atoms with Crippen LogP contribution in [0.15, 0.2) is 44.8 Å². The summed E-state index contributed by atoms with van der Waals surface area (Å²) in [5, 5.41) is 4.63. The van der Waals surface area contributed by atoms with Crippen molar-refractivity contribution in [3.05, 3.63) is 67.3 Å². The van der Waals surface area contributed by atoms with Gasteiger partial charge in [0.2, 0.25) is 5.43 Å². The van der Waals surface area contributed by atoms with Crippen LogP contribution in [-0.2, 0) is 36.3 Å². The molecule has 3 heterocycles. The Morgan fingerprint density at radius 3 is 2.73 bits per heavy atom. The van der Waals surface area contributed by atoms with Gasteiger partial charge in [0.15, 0.2) is 11.2 Å². The molecule has 11 heteroatoms. The summed E-state index contributed by atoms with van der Waals surface area (Å²) in [6.07, 6.45) is 2.90. The molecule has 0 atom stereocenters. The molecule has 0 saturated heterocycles. The van der Waals surface area contributed by atoms with Gasteiger partial charge in [0, 0.05) is 19.0 Å². The van der Waals surface area contributed by atoms with Crippen LogP contribution in [0.3, 0.4) is 0 Å². The van der Waals surface area contributed by atoms with E-state index in [4.69, 9.17) is 4.74 Å². The number of unbranched alkanes of at least 4 members (excludes halogenated alkanes) is 1. The molecule has 0 radical (unpaired) electrons. The SMILES string of the molecule is CCCCn1c(=O)[nH]c(=O)c2c1nc(COC(=O)CCn1ncc(=O)c3ccccc31)n2C. The molecule has 0 aliphatic carbocycles. The van der Waals surface area contributed by atoms with Gasteiger partial charge in [0.05, 0.1) is 24.7 Å². The van der Waals surface area contributed by atoms with Crippen molar-refractivity contribution in [1.82, 2.24) is 28.9 Å². The van der Waals surface area contributed by atoms with E-state index in [9.17, 15) is 19.2 Å². The van der Waals surface area contributed by atoms with E-state index in [0.717, 1.165) is 12.8 Å². The number of H-pyrrole nitrogens is 1. The second-order valence-electron chi connectivity index (χ2n) is 7.68. The molecule has 0 aliphatic heterocycles. The van der Waals surface area contributed by atoms with Crippen LogP contribution in [-0.4, -0.2) is 34.9 Å². The minimum Gasteiger partial charge on any atom is -0.457 e. The first-order valence-corrected chi connectivity index (χ1v) is 10.7. The molecule has 1 aromatic carbocycles. The summed E-state index contributed by atoms with van der Waals surface area (Å²) >= 11 is 0. The van der Waals surface area contributed by atoms with Crippen molar-refractivity contribution in [3.63, 3.8) is 0 Å². The summed E-state index contributed by atoms with van der Waals surface area (Å²) in [5.74, 6) is -0.129. The second kappa shape index (κ2) is 9.23. The third-order valence-corrected chi connectivity index (χ3v) is 5.49. The minimum atomic E-state index is -0.536. The van der Waals surface area contributed by atoms with E-state index in [2.05, 4.69) is 15.1 Å². The summed E-state index contributed by atoms with van der Waals surface area (Å²) in [5.41, 5.74) is -0.0681. The normalized spacial score (nSPS) is 11.3. The summed E-state index contributed by atoms with van der Waals surface area (Å²) < 4.78 is 9.90. The number of aromatic nitrogens is 6. The summed E-state index contributed by atoms with van der Waals surface area (Å²) in [4.78, 5) is 55.6. The summed E-state index contributed by atoms with van der Waals surface area (Å²) in [6, 6.07) is 7.05. The van der Waals surface area contributed by atoms with E-state index in [-0.39, 0.29) is 36.2 Å². The fourth-order valence-electron chi connectivity index (χ4n) is 3.70. The van der Waals surface area contributed by atoms with Gasteiger partial charge in [-0.3, -0.25) is 28.6 Å². The van der Waals surface area contributed by atoms with Crippen LogP contribution >= 0.6 is 0 Å². The molecule has 4 aromatic rings. The largest absolute Gasteiger partial charge is 0.457 e. The number of hydrogen-bond acceptors (Lipinski definition) is 7. The number of nitrogens with one attached hydrogen (secondary N) is 1. The van der Waals surface area contributed by atoms with Gasteiger partial charge in [0.1, 0.15) is 12.4 Å². The maximum atomic E-state index is 12.4. The van der Waals surface area contributed by atoms with E-state index >= 15 is 0 Å². The standard InChI is InChI=1S/C22H24N6O5/c1-3-4-10-27-20-19(21(31)25-22(27)32)26(2)17(24-20)13-33-18(30)9-11-28-15-8-6-5-7-14(15)16(29)12-23-28/h5-8,12H,3-4,9-11,13H2,1-2H3,(H,25,31,32). The zero-order chi connectivity index (χ0) is 23.5. The minimum absolute atomic E-state index is 0.0333. The predicted octanol–water partition coefficient (Wildman–Crippen LogP) is 1.07. The number of ether oxygens (including phenoxy) is 1. The lowest BCUT2D eigenvalue weighted by atomic mass is 10.2. The first-order chi connectivity index (χ1) is 15.9. The lowest BCUT2D eigenvalue weighted by Crippen LogP contribution is -2.31. The summed E-state index contributed by atoms with van der Waals surface area (Å²) in [7, 11) is 1.64. The topological polar surface area (TPSA) is 134 Å². The highest BCUT2D eigenvalue weighted by molar-refractivity contribution is 5.78. The number of rotatable bonds is 8. The highest BCUT2D eigenvalue weighted by Crippen LogP contribution is 2.12. The number of carbonyl (C=O) groups is 1. The number of aromatic amines is 1. The lowest BCUT2D eigenvalue weighted by Gasteiger charge is -2.09. The molecule has 0 bridgehead atoms. The Morgan fingerprint density at radius 1 is 1.15 bits per heavy atom. The molecule has 0 saturated carbocycles. The molecule has 33 heavy (non-hydrogen) atoms. The zero-order valence-electron chi connectivity index (χ0n) is 18.4. The van der Waals surface area contributed by atoms with Crippen molar-refractivity contribution in [3.8, 4) is 0 Å². The molecule has 172 valence electrons. The van der Waals surface area contributed by atoms with Crippen LogP contribution < -0.4 is 16.7 Å². The Kier molecular flexibility index (Phi) is 6.20. The second-order valence-corrected chi connectivity index (χ2v) is 7.68. The number of aryl methyl sites for hydroxylation is 3. The number of esters is 1. The number of carbonyl (C=O) groups excluding carboxylic acids is 1. The van der Waals surface area contributed by atoms with Crippen molar-refractivity contribution in [2.45, 2.75) is 45.9 Å². The molecular weight excluding hydrogens is 428 g/mol. The molecule has 1 N–H and O–H groups in total. The molecule has 4 rings (SSSR count). The van der Waals surface area contributed by atoms with Crippen LogP contribution in [0.5, 0.6) is 0 Å². The van der Waals surface area contributed by atoms with Gasteiger partial charge in [-0.05, 0) is 18.6 Å². The third-order valence-electron chi connectivity index (χ3n) is 5.49. The lowest BCUT2D eigenvalue weighted by molar-refractivity contribution is -0.145. The highest BCUT2D eigenvalue weighted by Gasteiger charge is 2.17. The van der Waals surface area contributed by atoms with E-state index in [0.29, 0.717) is 23.3 Å². The van der Waals surface area contributed by atoms with Crippen molar-refractivity contribution < 1.29 is 9.53 Å². The van der Waals surface area contributed by atoms with Crippen LogP contribution in [0.25, 0.3) is 22.1 Å². The van der Waals surface area contributed by atoms with Gasteiger partial charge < -0.3 is 9.30 Å². The van der Waals surface area contributed by atoms with Gasteiger partial charge in [-0.15, -0.1) is 0 Å². The number of fused-ring (bicyclic) bond motifs is 2. The van der Waals surface area contributed by atoms with Crippen LogP contribution in [0.1, 0.15) is 32.0 Å². The van der Waals surface area contributed by atoms with E-state index in [1.165, 1.54) is 15.3 Å². The fourth-order valence-corrected chi connectivity index (χ4v) is 3.70. The average Bonchev–Trinajstić information content (AvgIpc) is 3.13. The monoisotopic (exact) mass is 452 g/mol. The predicted molar refractivity (Wildman–Crippen MR) is 121 cm³/mol. The molecule has 0 amide bonds. The van der Waals surface area contributed by atoms with Crippen molar-refractivity contribution in [2.75, 3.05) is 0 Å². The zero-order valence-corrected chi connectivity index (χ0v) is 18.4. The van der Waals surface area contributed by atoms with Crippen molar-refractivity contribution in [2.24, 2.45) is 7.05 Å². The van der Waals surface area contributed by atoms with E-state index in [1.54, 1.807) is 36.0 Å². The molecule has 0 spiro atoms. The van der Waals surface area contributed by atoms with Gasteiger partial charge in [-0.25, -0.2) is 9.78 Å². The van der Waals surface area contributed by atoms with Gasteiger partial charge >= 0.3 is 11.7 Å². The number of para-hydroxylation sites is 1. The Labute approximate surface area is 187 Å². The number of imidazole rings is 1. The average molecular weight is 452 g/mol. The number of hydrogen-bond donors (Lipinski definition) is 1. The molecule has 0 fully saturated rings.